The molecule has 0 bridgehead atoms. The third-order valence-electron chi connectivity index (χ3n) is 3.66. The van der Waals surface area contributed by atoms with Gasteiger partial charge in [-0.2, -0.15) is 4.98 Å². The number of hydrogen-bond donors (Lipinski definition) is 2. The van der Waals surface area contributed by atoms with Crippen LogP contribution in [0.3, 0.4) is 0 Å². The highest BCUT2D eigenvalue weighted by Crippen LogP contribution is 2.16. The van der Waals surface area contributed by atoms with Gasteiger partial charge in [-0.25, -0.2) is 9.97 Å². The van der Waals surface area contributed by atoms with Crippen molar-refractivity contribution in [3.8, 4) is 11.6 Å². The van der Waals surface area contributed by atoms with Gasteiger partial charge in [-0.1, -0.05) is 30.3 Å². The summed E-state index contributed by atoms with van der Waals surface area (Å²) in [7, 11) is 0. The number of aryl methyl sites for hydroxylation is 1. The number of anilines is 1. The largest absolute Gasteiger partial charge is 0.339 e. The lowest BCUT2D eigenvalue weighted by Gasteiger charge is -2.11. The van der Waals surface area contributed by atoms with E-state index < -0.39 is 0 Å². The van der Waals surface area contributed by atoms with E-state index in [1.807, 2.05) is 31.2 Å². The number of halogens is 1. The second kappa shape index (κ2) is 10.3. The Morgan fingerprint density at radius 2 is 1.89 bits per heavy atom. The first kappa shape index (κ1) is 20.5. The van der Waals surface area contributed by atoms with Crippen LogP contribution in [0.25, 0.3) is 11.6 Å². The maximum atomic E-state index is 12.2. The van der Waals surface area contributed by atoms with Crippen LogP contribution in [0.4, 0.5) is 5.69 Å². The summed E-state index contributed by atoms with van der Waals surface area (Å²) in [5, 5.41) is 10.0. The second-order valence-corrected chi connectivity index (χ2v) is 5.57. The van der Waals surface area contributed by atoms with Gasteiger partial charge in [0.1, 0.15) is 0 Å². The van der Waals surface area contributed by atoms with Crippen molar-refractivity contribution in [1.29, 1.82) is 0 Å². The monoisotopic (exact) mass is 388 g/mol. The molecule has 2 aromatic heterocycles. The predicted molar refractivity (Wildman–Crippen MR) is 103 cm³/mol. The molecule has 0 spiro atoms. The molecule has 0 unspecified atom stereocenters. The minimum atomic E-state index is -0.107. The molecule has 3 rings (SSSR count). The first-order valence-electron chi connectivity index (χ1n) is 8.44. The van der Waals surface area contributed by atoms with Crippen LogP contribution in [0.5, 0.6) is 0 Å². The molecule has 0 aliphatic carbocycles. The molecule has 0 fully saturated rings. The van der Waals surface area contributed by atoms with Crippen molar-refractivity contribution < 1.29 is 9.32 Å². The van der Waals surface area contributed by atoms with Gasteiger partial charge in [0.2, 0.25) is 23.4 Å². The minimum absolute atomic E-state index is 0. The van der Waals surface area contributed by atoms with E-state index in [0.29, 0.717) is 30.5 Å². The quantitative estimate of drug-likeness (QED) is 0.610. The molecule has 0 atom stereocenters. The van der Waals surface area contributed by atoms with Crippen molar-refractivity contribution in [3.63, 3.8) is 0 Å². The Morgan fingerprint density at radius 1 is 1.11 bits per heavy atom. The number of amides is 1. The van der Waals surface area contributed by atoms with E-state index >= 15 is 0 Å². The van der Waals surface area contributed by atoms with Crippen molar-refractivity contribution in [1.82, 2.24) is 25.4 Å². The summed E-state index contributed by atoms with van der Waals surface area (Å²) in [6.45, 7) is 3.62. The van der Waals surface area contributed by atoms with Gasteiger partial charge in [0.05, 0.1) is 0 Å². The van der Waals surface area contributed by atoms with E-state index in [9.17, 15) is 4.79 Å². The second-order valence-electron chi connectivity index (χ2n) is 5.57. The molecule has 1 amide bonds. The van der Waals surface area contributed by atoms with E-state index in [1.165, 1.54) is 0 Å². The maximum Gasteiger partial charge on any atom is 0.240 e. The lowest BCUT2D eigenvalue weighted by Crippen LogP contribution is -2.17. The van der Waals surface area contributed by atoms with Crippen molar-refractivity contribution in [2.24, 2.45) is 0 Å². The van der Waals surface area contributed by atoms with Gasteiger partial charge in [-0.3, -0.25) is 4.79 Å². The summed E-state index contributed by atoms with van der Waals surface area (Å²) in [6.07, 6.45) is 3.81. The lowest BCUT2D eigenvalue weighted by atomic mass is 10.1. The van der Waals surface area contributed by atoms with Crippen LogP contribution in [0, 0.1) is 0 Å². The summed E-state index contributed by atoms with van der Waals surface area (Å²) in [6, 6.07) is 9.44. The zero-order chi connectivity index (χ0) is 18.2. The number of rotatable bonds is 8. The highest BCUT2D eigenvalue weighted by molar-refractivity contribution is 5.91. The highest BCUT2D eigenvalue weighted by Gasteiger charge is 2.13. The number of carbonyl (C=O) groups is 1. The van der Waals surface area contributed by atoms with Gasteiger partial charge in [0.25, 0.3) is 0 Å². The number of para-hydroxylation sites is 1. The molecule has 2 N–H and O–H groups in total. The zero-order valence-corrected chi connectivity index (χ0v) is 15.7. The zero-order valence-electron chi connectivity index (χ0n) is 14.9. The fourth-order valence-corrected chi connectivity index (χ4v) is 2.35. The average Bonchev–Trinajstić information content (AvgIpc) is 3.15. The molecular weight excluding hydrogens is 368 g/mol. The molecule has 0 radical (unpaired) electrons. The minimum Gasteiger partial charge on any atom is -0.339 e. The van der Waals surface area contributed by atoms with Crippen LogP contribution in [0.2, 0.25) is 0 Å². The molecule has 8 nitrogen and oxygen atoms in total. The SMILES string of the molecule is CCNCc1ccccc1NC(=O)CCc1nc(-c2ncccn2)no1.Cl. The van der Waals surface area contributed by atoms with Gasteiger partial charge in [-0.05, 0) is 24.2 Å². The number of hydrogen-bond acceptors (Lipinski definition) is 7. The van der Waals surface area contributed by atoms with Crippen LogP contribution in [0.1, 0.15) is 24.8 Å². The van der Waals surface area contributed by atoms with Crippen LogP contribution in [-0.2, 0) is 17.8 Å². The van der Waals surface area contributed by atoms with E-state index in [4.69, 9.17) is 4.52 Å². The van der Waals surface area contributed by atoms with E-state index in [1.54, 1.807) is 18.5 Å². The Morgan fingerprint density at radius 3 is 2.67 bits per heavy atom. The van der Waals surface area contributed by atoms with Gasteiger partial charge in [-0.15, -0.1) is 12.4 Å². The Kier molecular flexibility index (Phi) is 7.84. The van der Waals surface area contributed by atoms with Crippen molar-refractivity contribution >= 4 is 24.0 Å². The molecule has 1 aromatic carbocycles. The van der Waals surface area contributed by atoms with Crippen LogP contribution in [-0.4, -0.2) is 32.6 Å². The molecule has 0 saturated carbocycles. The summed E-state index contributed by atoms with van der Waals surface area (Å²) in [5.74, 6) is 0.981. The van der Waals surface area contributed by atoms with E-state index in [0.717, 1.165) is 17.8 Å². The topological polar surface area (TPSA) is 106 Å². The molecule has 2 heterocycles. The maximum absolute atomic E-state index is 12.2. The molecule has 0 saturated heterocycles. The summed E-state index contributed by atoms with van der Waals surface area (Å²) >= 11 is 0. The molecule has 0 aliphatic rings. The summed E-state index contributed by atoms with van der Waals surface area (Å²) in [5.41, 5.74) is 1.85. The lowest BCUT2D eigenvalue weighted by molar-refractivity contribution is -0.116. The molecule has 9 heteroatoms. The summed E-state index contributed by atoms with van der Waals surface area (Å²) < 4.78 is 5.17. The van der Waals surface area contributed by atoms with Gasteiger partial charge < -0.3 is 15.2 Å². The van der Waals surface area contributed by atoms with Gasteiger partial charge in [0.15, 0.2) is 0 Å². The van der Waals surface area contributed by atoms with Gasteiger partial charge in [0, 0.05) is 37.5 Å². The van der Waals surface area contributed by atoms with E-state index in [-0.39, 0.29) is 24.7 Å². The third-order valence-corrected chi connectivity index (χ3v) is 3.66. The smallest absolute Gasteiger partial charge is 0.240 e. The number of benzene rings is 1. The summed E-state index contributed by atoms with van der Waals surface area (Å²) in [4.78, 5) is 24.6. The normalized spacial score (nSPS) is 10.3. The number of aromatic nitrogens is 4. The fourth-order valence-electron chi connectivity index (χ4n) is 2.35. The third kappa shape index (κ3) is 5.83. The van der Waals surface area contributed by atoms with Crippen molar-refractivity contribution in [2.75, 3.05) is 11.9 Å². The Balaban J connectivity index is 0.00000261. The molecule has 142 valence electrons. The molecular formula is C18H21ClN6O2. The number of nitrogens with one attached hydrogen (secondary N) is 2. The first-order valence-corrected chi connectivity index (χ1v) is 8.44. The van der Waals surface area contributed by atoms with Crippen molar-refractivity contribution in [2.45, 2.75) is 26.3 Å². The number of nitrogens with zero attached hydrogens (tertiary/aromatic N) is 4. The van der Waals surface area contributed by atoms with Crippen LogP contribution >= 0.6 is 12.4 Å². The Hall–Kier alpha value is -2.84. The van der Waals surface area contributed by atoms with Gasteiger partial charge >= 0.3 is 0 Å². The first-order chi connectivity index (χ1) is 12.8. The fraction of sp³-hybridized carbons (Fsp3) is 0.278. The predicted octanol–water partition coefficient (Wildman–Crippen LogP) is 2.63. The molecule has 0 aliphatic heterocycles. The number of carbonyl (C=O) groups excluding carboxylic acids is 1. The molecule has 27 heavy (non-hydrogen) atoms. The highest BCUT2D eigenvalue weighted by atomic mass is 35.5. The standard InChI is InChI=1S/C18H20N6O2.ClH/c1-2-19-12-13-6-3-4-7-14(13)22-15(25)8-9-16-23-18(24-26-16)17-20-10-5-11-21-17;/h3-7,10-11,19H,2,8-9,12H2,1H3,(H,22,25);1H. The van der Waals surface area contributed by atoms with Crippen LogP contribution < -0.4 is 10.6 Å². The molecule has 3 aromatic rings. The average molecular weight is 389 g/mol. The van der Waals surface area contributed by atoms with Crippen LogP contribution in [0.15, 0.2) is 47.2 Å². The Labute approximate surface area is 163 Å². The van der Waals surface area contributed by atoms with Crippen molar-refractivity contribution in [3.05, 3.63) is 54.2 Å². The Bertz CT molecular complexity index is 856. The van der Waals surface area contributed by atoms with E-state index in [2.05, 4.69) is 30.7 Å².